The minimum atomic E-state index is -4.64. The third kappa shape index (κ3) is 63.8. The standard InChI is InChI=1S/3C18H39NO2.H3O4P/c3*1-3-4-5-6-7-8-9-10-11-12-15-19-18(2,13-16-20)14-17-21;1-5(2,3)4/h3*19-21H,3-17H2,1-2H3;(H3,1,2,3,4). The number of phosphoric acid groups is 1. The van der Waals surface area contributed by atoms with Gasteiger partial charge in [0.15, 0.2) is 0 Å². The molecule has 0 unspecified atom stereocenters. The molecule has 12 N–H and O–H groups in total. The summed E-state index contributed by atoms with van der Waals surface area (Å²) in [5, 5.41) is 65.0. The molecule has 0 aromatic rings. The molecule has 14 heteroatoms. The van der Waals surface area contributed by atoms with Crippen LogP contribution in [0.3, 0.4) is 0 Å². The highest BCUT2D eigenvalue weighted by Gasteiger charge is 2.23. The molecule has 68 heavy (non-hydrogen) atoms. The predicted octanol–water partition coefficient (Wildman–Crippen LogP) is 11.1. The molecule has 0 aliphatic heterocycles. The van der Waals surface area contributed by atoms with E-state index in [2.05, 4.69) is 57.5 Å². The van der Waals surface area contributed by atoms with Crippen molar-refractivity contribution >= 4 is 7.82 Å². The highest BCUT2D eigenvalue weighted by Crippen LogP contribution is 2.26. The smallest absolute Gasteiger partial charge is 0.396 e. The van der Waals surface area contributed by atoms with Gasteiger partial charge in [0.2, 0.25) is 0 Å². The molecular formula is C54H120N3O10P. The lowest BCUT2D eigenvalue weighted by Crippen LogP contribution is -2.44. The molecule has 0 aliphatic rings. The number of aliphatic hydroxyl groups excluding tert-OH is 6. The second kappa shape index (κ2) is 56.1. The van der Waals surface area contributed by atoms with Crippen LogP contribution in [-0.2, 0) is 4.57 Å². The number of aliphatic hydroxyl groups is 6. The summed E-state index contributed by atoms with van der Waals surface area (Å²) in [6.07, 6.45) is 44.9. The zero-order chi connectivity index (χ0) is 51.9. The normalized spacial score (nSPS) is 12.0. The van der Waals surface area contributed by atoms with Crippen molar-refractivity contribution in [2.45, 2.75) is 289 Å². The summed E-state index contributed by atoms with van der Waals surface area (Å²) in [4.78, 5) is 21.6. The summed E-state index contributed by atoms with van der Waals surface area (Å²) >= 11 is 0. The lowest BCUT2D eigenvalue weighted by atomic mass is 9.94. The molecule has 0 radical (unpaired) electrons. The Labute approximate surface area is 420 Å². The fourth-order valence-corrected chi connectivity index (χ4v) is 8.39. The number of unbranched alkanes of at least 4 members (excludes halogenated alkanes) is 27. The Kier molecular flexibility index (Phi) is 61.2. The Morgan fingerprint density at radius 1 is 0.294 bits per heavy atom. The summed E-state index contributed by atoms with van der Waals surface area (Å²) in [5.74, 6) is 0. The van der Waals surface area contributed by atoms with Crippen molar-refractivity contribution in [1.29, 1.82) is 0 Å². The molecule has 0 atom stereocenters. The molecule has 0 aromatic carbocycles. The fraction of sp³-hybridized carbons (Fsp3) is 1.00. The van der Waals surface area contributed by atoms with Crippen molar-refractivity contribution in [2.24, 2.45) is 0 Å². The van der Waals surface area contributed by atoms with Crippen LogP contribution in [-0.4, -0.2) is 121 Å². The summed E-state index contributed by atoms with van der Waals surface area (Å²) in [5.41, 5.74) is -0.325. The number of rotatable bonds is 48. The van der Waals surface area contributed by atoms with Crippen molar-refractivity contribution in [3.63, 3.8) is 0 Å². The van der Waals surface area contributed by atoms with E-state index in [0.717, 1.165) is 19.6 Å². The minimum absolute atomic E-state index is 0.108. The minimum Gasteiger partial charge on any atom is -0.396 e. The van der Waals surface area contributed by atoms with Gasteiger partial charge >= 0.3 is 7.82 Å². The van der Waals surface area contributed by atoms with E-state index in [1.54, 1.807) is 0 Å². The number of hydrogen-bond acceptors (Lipinski definition) is 10. The Balaban J connectivity index is -0.000000429. The second-order valence-corrected chi connectivity index (χ2v) is 21.4. The second-order valence-electron chi connectivity index (χ2n) is 20.4. The maximum absolute atomic E-state index is 9.08. The lowest BCUT2D eigenvalue weighted by Gasteiger charge is -2.30. The molecule has 0 heterocycles. The Morgan fingerprint density at radius 3 is 0.559 bits per heavy atom. The molecule has 416 valence electrons. The summed E-state index contributed by atoms with van der Waals surface area (Å²) in [6, 6.07) is 0. The van der Waals surface area contributed by atoms with E-state index in [9.17, 15) is 0 Å². The molecule has 0 spiro atoms. The quantitative estimate of drug-likeness (QED) is 0.0201. The zero-order valence-electron chi connectivity index (χ0n) is 45.7. The lowest BCUT2D eigenvalue weighted by molar-refractivity contribution is 0.175. The average molecular weight is 1000 g/mol. The summed E-state index contributed by atoms with van der Waals surface area (Å²) in [6.45, 7) is 17.1. The van der Waals surface area contributed by atoms with Crippen LogP contribution in [0, 0.1) is 0 Å². The first-order valence-corrected chi connectivity index (χ1v) is 29.8. The SMILES string of the molecule is CCCCCCCCCCCCNC(C)(CCO)CCO.CCCCCCCCCCCCNC(C)(CCO)CCO.CCCCCCCCCCCCNC(C)(CCO)CCO.O=P(O)(O)O. The molecular weight excluding hydrogens is 882 g/mol. The van der Waals surface area contributed by atoms with Gasteiger partial charge in [0, 0.05) is 56.3 Å². The van der Waals surface area contributed by atoms with Gasteiger partial charge < -0.3 is 61.3 Å². The molecule has 0 rings (SSSR count). The maximum atomic E-state index is 9.08. The highest BCUT2D eigenvalue weighted by atomic mass is 31.2. The average Bonchev–Trinajstić information content (AvgIpc) is 3.27. The molecule has 0 fully saturated rings. The first-order chi connectivity index (χ1) is 32.5. The van der Waals surface area contributed by atoms with Crippen LogP contribution in [0.1, 0.15) is 273 Å². The molecule has 0 aliphatic carbocycles. The molecule has 13 nitrogen and oxygen atoms in total. The van der Waals surface area contributed by atoms with Gasteiger partial charge in [-0.1, -0.05) is 194 Å². The van der Waals surface area contributed by atoms with E-state index in [4.69, 9.17) is 49.9 Å². The van der Waals surface area contributed by atoms with Crippen LogP contribution in [0.4, 0.5) is 0 Å². The Morgan fingerprint density at radius 2 is 0.426 bits per heavy atom. The molecule has 0 saturated carbocycles. The monoisotopic (exact) mass is 1000 g/mol. The largest absolute Gasteiger partial charge is 0.466 e. The van der Waals surface area contributed by atoms with Crippen LogP contribution in [0.2, 0.25) is 0 Å². The third-order valence-corrected chi connectivity index (χ3v) is 13.2. The topological polar surface area (TPSA) is 235 Å². The first-order valence-electron chi connectivity index (χ1n) is 28.2. The number of nitrogens with one attached hydrogen (secondary N) is 3. The molecule has 0 bridgehead atoms. The maximum Gasteiger partial charge on any atom is 0.466 e. The van der Waals surface area contributed by atoms with Crippen LogP contribution in [0.15, 0.2) is 0 Å². The van der Waals surface area contributed by atoms with Gasteiger partial charge in [0.05, 0.1) is 0 Å². The van der Waals surface area contributed by atoms with E-state index in [0.29, 0.717) is 38.5 Å². The molecule has 0 saturated heterocycles. The van der Waals surface area contributed by atoms with E-state index < -0.39 is 7.82 Å². The van der Waals surface area contributed by atoms with Crippen molar-refractivity contribution < 1.29 is 49.9 Å². The summed E-state index contributed by atoms with van der Waals surface area (Å²) in [7, 11) is -4.64. The van der Waals surface area contributed by atoms with E-state index in [-0.39, 0.29) is 56.3 Å². The summed E-state index contributed by atoms with van der Waals surface area (Å²) < 4.78 is 8.88. The zero-order valence-corrected chi connectivity index (χ0v) is 46.6. The molecule has 0 amide bonds. The van der Waals surface area contributed by atoms with Gasteiger partial charge in [0.25, 0.3) is 0 Å². The van der Waals surface area contributed by atoms with Crippen molar-refractivity contribution in [3.8, 4) is 0 Å². The van der Waals surface area contributed by atoms with Gasteiger partial charge in [-0.15, -0.1) is 0 Å². The van der Waals surface area contributed by atoms with Crippen LogP contribution < -0.4 is 16.0 Å². The third-order valence-electron chi connectivity index (χ3n) is 13.2. The van der Waals surface area contributed by atoms with Crippen LogP contribution >= 0.6 is 7.82 Å². The van der Waals surface area contributed by atoms with Crippen molar-refractivity contribution in [1.82, 2.24) is 16.0 Å². The van der Waals surface area contributed by atoms with Crippen LogP contribution in [0.25, 0.3) is 0 Å². The van der Waals surface area contributed by atoms with Crippen LogP contribution in [0.5, 0.6) is 0 Å². The predicted molar refractivity (Wildman–Crippen MR) is 289 cm³/mol. The van der Waals surface area contributed by atoms with Gasteiger partial charge in [-0.25, -0.2) is 4.57 Å². The first kappa shape index (κ1) is 74.3. The highest BCUT2D eigenvalue weighted by molar-refractivity contribution is 7.45. The van der Waals surface area contributed by atoms with E-state index >= 15 is 0 Å². The molecule has 0 aromatic heterocycles. The van der Waals surface area contributed by atoms with Gasteiger partial charge in [-0.3, -0.25) is 0 Å². The van der Waals surface area contributed by atoms with Gasteiger partial charge in [-0.05, 0) is 98.2 Å². The van der Waals surface area contributed by atoms with E-state index in [1.165, 1.54) is 193 Å². The van der Waals surface area contributed by atoms with Gasteiger partial charge in [0.1, 0.15) is 0 Å². The Hall–Kier alpha value is -0.250. The number of hydrogen-bond donors (Lipinski definition) is 12. The van der Waals surface area contributed by atoms with Crippen molar-refractivity contribution in [3.05, 3.63) is 0 Å². The van der Waals surface area contributed by atoms with Gasteiger partial charge in [-0.2, -0.15) is 0 Å². The fourth-order valence-electron chi connectivity index (χ4n) is 8.39. The Bertz CT molecular complexity index is 866. The van der Waals surface area contributed by atoms with E-state index in [1.807, 2.05) is 0 Å². The van der Waals surface area contributed by atoms with Crippen molar-refractivity contribution in [2.75, 3.05) is 59.3 Å².